The number of amidine groups is 1. The van der Waals surface area contributed by atoms with Crippen molar-refractivity contribution >= 4 is 23.4 Å². The van der Waals surface area contributed by atoms with Crippen molar-refractivity contribution in [1.29, 1.82) is 5.41 Å². The minimum atomic E-state index is -0.314. The van der Waals surface area contributed by atoms with Crippen LogP contribution in [0.25, 0.3) is 0 Å². The van der Waals surface area contributed by atoms with E-state index in [0.717, 1.165) is 5.56 Å². The van der Waals surface area contributed by atoms with Crippen LogP contribution in [-0.2, 0) is 16.0 Å². The fourth-order valence-electron chi connectivity index (χ4n) is 2.17. The number of hydrogen-bond acceptors (Lipinski definition) is 4. The van der Waals surface area contributed by atoms with Gasteiger partial charge in [0, 0.05) is 16.8 Å². The number of nitrogens with one attached hydrogen (secondary N) is 2. The summed E-state index contributed by atoms with van der Waals surface area (Å²) >= 11 is 0. The lowest BCUT2D eigenvalue weighted by Gasteiger charge is -2.08. The minimum Gasteiger partial charge on any atom is -0.466 e. The average Bonchev–Trinajstić information content (AvgIpc) is 2.55. The average molecular weight is 325 g/mol. The molecule has 0 saturated heterocycles. The molecule has 0 heterocycles. The molecule has 0 unspecified atom stereocenters. The fraction of sp³-hybridized carbons (Fsp3) is 0.167. The van der Waals surface area contributed by atoms with Crippen LogP contribution in [0.3, 0.4) is 0 Å². The third kappa shape index (κ3) is 4.67. The fourth-order valence-corrected chi connectivity index (χ4v) is 2.17. The summed E-state index contributed by atoms with van der Waals surface area (Å²) in [5.74, 6) is -0.720. The quantitative estimate of drug-likeness (QED) is 0.430. The standard InChI is InChI=1S/C18H19N3O3/c1-2-24-16(22)10-12-5-3-8-15(9-12)21-18(23)14-7-4-6-13(11-14)17(19)20/h3-9,11H,2,10H2,1H3,(H3,19,20)(H,21,23). The highest BCUT2D eigenvalue weighted by Crippen LogP contribution is 2.14. The van der Waals surface area contributed by atoms with Crippen molar-refractivity contribution in [3.05, 3.63) is 65.2 Å². The number of carbonyl (C=O) groups is 2. The third-order valence-electron chi connectivity index (χ3n) is 3.27. The molecule has 4 N–H and O–H groups in total. The first kappa shape index (κ1) is 17.2. The molecule has 24 heavy (non-hydrogen) atoms. The molecular weight excluding hydrogens is 306 g/mol. The summed E-state index contributed by atoms with van der Waals surface area (Å²) in [7, 11) is 0. The van der Waals surface area contributed by atoms with E-state index in [4.69, 9.17) is 15.9 Å². The molecule has 0 aromatic heterocycles. The second kappa shape index (κ2) is 7.92. The summed E-state index contributed by atoms with van der Waals surface area (Å²) in [6.07, 6.45) is 0.150. The van der Waals surface area contributed by atoms with Crippen molar-refractivity contribution < 1.29 is 14.3 Å². The zero-order chi connectivity index (χ0) is 17.5. The summed E-state index contributed by atoms with van der Waals surface area (Å²) in [4.78, 5) is 23.8. The Labute approximate surface area is 140 Å². The van der Waals surface area contributed by atoms with Crippen LogP contribution in [0.1, 0.15) is 28.4 Å². The van der Waals surface area contributed by atoms with Crippen LogP contribution in [0.15, 0.2) is 48.5 Å². The monoisotopic (exact) mass is 325 g/mol. The molecule has 2 rings (SSSR count). The van der Waals surface area contributed by atoms with E-state index in [1.807, 2.05) is 0 Å². The highest BCUT2D eigenvalue weighted by Gasteiger charge is 2.09. The highest BCUT2D eigenvalue weighted by molar-refractivity contribution is 6.06. The van der Waals surface area contributed by atoms with Gasteiger partial charge in [-0.15, -0.1) is 0 Å². The molecule has 0 atom stereocenters. The number of esters is 1. The lowest BCUT2D eigenvalue weighted by Crippen LogP contribution is -2.15. The number of rotatable bonds is 6. The topological polar surface area (TPSA) is 105 Å². The van der Waals surface area contributed by atoms with Crippen molar-refractivity contribution in [3.63, 3.8) is 0 Å². The molecule has 0 spiro atoms. The molecular formula is C18H19N3O3. The zero-order valence-electron chi connectivity index (χ0n) is 13.3. The molecule has 124 valence electrons. The molecule has 2 aromatic carbocycles. The maximum atomic E-state index is 12.3. The molecule has 0 aliphatic carbocycles. The molecule has 0 fully saturated rings. The summed E-state index contributed by atoms with van der Waals surface area (Å²) in [6.45, 7) is 2.09. The van der Waals surface area contributed by atoms with Gasteiger partial charge in [-0.25, -0.2) is 0 Å². The predicted molar refractivity (Wildman–Crippen MR) is 92.2 cm³/mol. The van der Waals surface area contributed by atoms with E-state index >= 15 is 0 Å². The Kier molecular flexibility index (Phi) is 5.68. The number of benzene rings is 2. The van der Waals surface area contributed by atoms with Crippen molar-refractivity contribution in [3.8, 4) is 0 Å². The van der Waals surface area contributed by atoms with Gasteiger partial charge in [0.2, 0.25) is 0 Å². The molecule has 0 saturated carbocycles. The van der Waals surface area contributed by atoms with E-state index in [-0.39, 0.29) is 24.1 Å². The second-order valence-corrected chi connectivity index (χ2v) is 5.13. The highest BCUT2D eigenvalue weighted by atomic mass is 16.5. The smallest absolute Gasteiger partial charge is 0.310 e. The van der Waals surface area contributed by atoms with Crippen LogP contribution >= 0.6 is 0 Å². The number of anilines is 1. The Balaban J connectivity index is 2.10. The van der Waals surface area contributed by atoms with Crippen molar-refractivity contribution in [2.75, 3.05) is 11.9 Å². The van der Waals surface area contributed by atoms with Crippen molar-refractivity contribution in [2.24, 2.45) is 5.73 Å². The Morgan fingerprint density at radius 1 is 1.12 bits per heavy atom. The van der Waals surface area contributed by atoms with Crippen LogP contribution in [0, 0.1) is 5.41 Å². The van der Waals surface area contributed by atoms with E-state index in [9.17, 15) is 9.59 Å². The van der Waals surface area contributed by atoms with Gasteiger partial charge >= 0.3 is 5.97 Å². The number of ether oxygens (including phenoxy) is 1. The lowest BCUT2D eigenvalue weighted by atomic mass is 10.1. The number of nitrogens with two attached hydrogens (primary N) is 1. The van der Waals surface area contributed by atoms with Gasteiger partial charge in [-0.05, 0) is 36.8 Å². The van der Waals surface area contributed by atoms with Crippen LogP contribution in [0.2, 0.25) is 0 Å². The maximum absolute atomic E-state index is 12.3. The van der Waals surface area contributed by atoms with Crippen LogP contribution in [0.4, 0.5) is 5.69 Å². The van der Waals surface area contributed by atoms with Gasteiger partial charge < -0.3 is 15.8 Å². The molecule has 0 radical (unpaired) electrons. The summed E-state index contributed by atoms with van der Waals surface area (Å²) in [5.41, 5.74) is 7.65. The Morgan fingerprint density at radius 3 is 2.54 bits per heavy atom. The van der Waals surface area contributed by atoms with Crippen LogP contribution < -0.4 is 11.1 Å². The third-order valence-corrected chi connectivity index (χ3v) is 3.27. The van der Waals surface area contributed by atoms with Gasteiger partial charge in [-0.1, -0.05) is 24.3 Å². The van der Waals surface area contributed by atoms with E-state index in [0.29, 0.717) is 23.4 Å². The van der Waals surface area contributed by atoms with Gasteiger partial charge in [0.05, 0.1) is 13.0 Å². The molecule has 0 aliphatic rings. The molecule has 1 amide bonds. The Bertz CT molecular complexity index is 772. The normalized spacial score (nSPS) is 10.0. The number of amides is 1. The molecule has 2 aromatic rings. The minimum absolute atomic E-state index is 0.0962. The van der Waals surface area contributed by atoms with E-state index in [1.165, 1.54) is 0 Å². The molecule has 6 nitrogen and oxygen atoms in total. The van der Waals surface area contributed by atoms with Gasteiger partial charge in [0.15, 0.2) is 0 Å². The molecule has 0 bridgehead atoms. The molecule has 0 aliphatic heterocycles. The van der Waals surface area contributed by atoms with Crippen molar-refractivity contribution in [1.82, 2.24) is 0 Å². The Hall–Kier alpha value is -3.15. The number of hydrogen-bond donors (Lipinski definition) is 3. The summed E-state index contributed by atoms with van der Waals surface area (Å²) in [5, 5.41) is 10.2. The van der Waals surface area contributed by atoms with Crippen LogP contribution in [-0.4, -0.2) is 24.3 Å². The van der Waals surface area contributed by atoms with Crippen molar-refractivity contribution in [2.45, 2.75) is 13.3 Å². The SMILES string of the molecule is CCOC(=O)Cc1cccc(NC(=O)c2cccc(C(=N)N)c2)c1. The van der Waals surface area contributed by atoms with Gasteiger partial charge in [0.25, 0.3) is 5.91 Å². The first-order valence-corrected chi connectivity index (χ1v) is 7.50. The first-order chi connectivity index (χ1) is 11.5. The predicted octanol–water partition coefficient (Wildman–Crippen LogP) is 2.33. The second-order valence-electron chi connectivity index (χ2n) is 5.13. The Morgan fingerprint density at radius 2 is 1.83 bits per heavy atom. The molecule has 6 heteroatoms. The summed E-state index contributed by atoms with van der Waals surface area (Å²) in [6, 6.07) is 13.6. The lowest BCUT2D eigenvalue weighted by molar-refractivity contribution is -0.142. The number of carbonyl (C=O) groups excluding carboxylic acids is 2. The summed E-state index contributed by atoms with van der Waals surface area (Å²) < 4.78 is 4.91. The zero-order valence-corrected chi connectivity index (χ0v) is 13.3. The first-order valence-electron chi connectivity index (χ1n) is 7.50. The van der Waals surface area contributed by atoms with E-state index in [1.54, 1.807) is 55.5 Å². The largest absolute Gasteiger partial charge is 0.466 e. The van der Waals surface area contributed by atoms with Crippen LogP contribution in [0.5, 0.6) is 0 Å². The number of nitrogen functional groups attached to an aromatic ring is 1. The van der Waals surface area contributed by atoms with Gasteiger partial charge in [-0.3, -0.25) is 15.0 Å². The van der Waals surface area contributed by atoms with Gasteiger partial charge in [0.1, 0.15) is 5.84 Å². The maximum Gasteiger partial charge on any atom is 0.310 e. The van der Waals surface area contributed by atoms with E-state index < -0.39 is 0 Å². The van der Waals surface area contributed by atoms with Gasteiger partial charge in [-0.2, -0.15) is 0 Å². The van der Waals surface area contributed by atoms with E-state index in [2.05, 4.69) is 5.32 Å².